The number of benzene rings is 1. The lowest BCUT2D eigenvalue weighted by molar-refractivity contribution is 0.122. The molecular weight excluding hydrogens is 322 g/mol. The lowest BCUT2D eigenvalue weighted by Gasteiger charge is -2.30. The van der Waals surface area contributed by atoms with Crippen LogP contribution >= 0.6 is 11.6 Å². The predicted octanol–water partition coefficient (Wildman–Crippen LogP) is 3.76. The molecule has 4 rings (SSSR count). The standard InChI is InChI=1S/C19H24ClN3O/c20-16-6-5-14-11-15(13-21-17-3-1-2-4-17)19(22-18(14)12-16)23-7-9-24-10-8-23/h5-6,11-12,17,21H,1-4,7-10,13H2. The number of hydrogen-bond donors (Lipinski definition) is 1. The highest BCUT2D eigenvalue weighted by atomic mass is 35.5. The maximum absolute atomic E-state index is 6.16. The average molecular weight is 346 g/mol. The fraction of sp³-hybridized carbons (Fsp3) is 0.526. The second-order valence-electron chi connectivity index (χ2n) is 6.77. The van der Waals surface area contributed by atoms with Gasteiger partial charge in [-0.25, -0.2) is 4.98 Å². The first-order valence-electron chi connectivity index (χ1n) is 8.95. The van der Waals surface area contributed by atoms with E-state index in [1.165, 1.54) is 31.2 Å². The van der Waals surface area contributed by atoms with Crippen molar-refractivity contribution in [1.82, 2.24) is 10.3 Å². The Kier molecular flexibility index (Phi) is 4.88. The van der Waals surface area contributed by atoms with Gasteiger partial charge in [0.25, 0.3) is 0 Å². The maximum Gasteiger partial charge on any atom is 0.133 e. The highest BCUT2D eigenvalue weighted by Crippen LogP contribution is 2.27. The van der Waals surface area contributed by atoms with Gasteiger partial charge in [-0.2, -0.15) is 0 Å². The molecule has 4 nitrogen and oxygen atoms in total. The van der Waals surface area contributed by atoms with E-state index in [1.54, 1.807) is 0 Å². The number of ether oxygens (including phenoxy) is 1. The van der Waals surface area contributed by atoms with E-state index in [0.717, 1.165) is 54.6 Å². The normalized spacial score (nSPS) is 19.3. The summed E-state index contributed by atoms with van der Waals surface area (Å²) in [6.45, 7) is 4.21. The molecule has 0 bridgehead atoms. The Morgan fingerprint density at radius 3 is 2.75 bits per heavy atom. The molecule has 128 valence electrons. The Morgan fingerprint density at radius 1 is 1.17 bits per heavy atom. The zero-order chi connectivity index (χ0) is 16.4. The zero-order valence-electron chi connectivity index (χ0n) is 13.9. The number of morpholine rings is 1. The third-order valence-electron chi connectivity index (χ3n) is 5.08. The molecule has 1 saturated heterocycles. The summed E-state index contributed by atoms with van der Waals surface area (Å²) in [5.41, 5.74) is 2.24. The van der Waals surface area contributed by atoms with Gasteiger partial charge in [-0.05, 0) is 31.0 Å². The molecule has 2 heterocycles. The molecule has 1 aromatic heterocycles. The highest BCUT2D eigenvalue weighted by Gasteiger charge is 2.19. The van der Waals surface area contributed by atoms with Crippen LogP contribution in [0, 0.1) is 0 Å². The van der Waals surface area contributed by atoms with Crippen LogP contribution in [-0.2, 0) is 11.3 Å². The SMILES string of the molecule is Clc1ccc2cc(CNC3CCCC3)c(N3CCOCC3)nc2c1. The Morgan fingerprint density at radius 2 is 1.96 bits per heavy atom. The Labute approximate surface area is 148 Å². The summed E-state index contributed by atoms with van der Waals surface area (Å²) in [5.74, 6) is 1.08. The van der Waals surface area contributed by atoms with Crippen molar-refractivity contribution in [3.8, 4) is 0 Å². The minimum Gasteiger partial charge on any atom is -0.378 e. The van der Waals surface area contributed by atoms with Gasteiger partial charge >= 0.3 is 0 Å². The number of anilines is 1. The van der Waals surface area contributed by atoms with Crippen molar-refractivity contribution < 1.29 is 4.74 Å². The van der Waals surface area contributed by atoms with Crippen LogP contribution < -0.4 is 10.2 Å². The minimum absolute atomic E-state index is 0.656. The molecule has 0 radical (unpaired) electrons. The van der Waals surface area contributed by atoms with Crippen molar-refractivity contribution in [2.24, 2.45) is 0 Å². The summed E-state index contributed by atoms with van der Waals surface area (Å²) in [7, 11) is 0. The van der Waals surface area contributed by atoms with E-state index in [-0.39, 0.29) is 0 Å². The smallest absolute Gasteiger partial charge is 0.133 e. The average Bonchev–Trinajstić information content (AvgIpc) is 3.13. The number of nitrogens with zero attached hydrogens (tertiary/aromatic N) is 2. The van der Waals surface area contributed by atoms with Crippen LogP contribution in [0.25, 0.3) is 10.9 Å². The largest absolute Gasteiger partial charge is 0.378 e. The molecule has 1 aliphatic heterocycles. The number of hydrogen-bond acceptors (Lipinski definition) is 4. The number of nitrogens with one attached hydrogen (secondary N) is 1. The molecule has 2 fully saturated rings. The van der Waals surface area contributed by atoms with E-state index in [9.17, 15) is 0 Å². The van der Waals surface area contributed by atoms with Crippen LogP contribution in [0.1, 0.15) is 31.2 Å². The quantitative estimate of drug-likeness (QED) is 0.915. The number of halogens is 1. The monoisotopic (exact) mass is 345 g/mol. The summed E-state index contributed by atoms with van der Waals surface area (Å²) in [6.07, 6.45) is 5.29. The Hall–Kier alpha value is -1.36. The van der Waals surface area contributed by atoms with Gasteiger partial charge < -0.3 is 15.0 Å². The Bertz CT molecular complexity index is 709. The van der Waals surface area contributed by atoms with E-state index in [2.05, 4.69) is 22.3 Å². The fourth-order valence-electron chi connectivity index (χ4n) is 3.74. The molecule has 1 saturated carbocycles. The van der Waals surface area contributed by atoms with Crippen molar-refractivity contribution in [2.75, 3.05) is 31.2 Å². The molecule has 1 aliphatic carbocycles. The van der Waals surface area contributed by atoms with Crippen molar-refractivity contribution in [2.45, 2.75) is 38.3 Å². The fourth-order valence-corrected chi connectivity index (χ4v) is 3.90. The van der Waals surface area contributed by atoms with Crippen LogP contribution in [-0.4, -0.2) is 37.3 Å². The zero-order valence-corrected chi connectivity index (χ0v) is 14.7. The summed E-state index contributed by atoms with van der Waals surface area (Å²) in [4.78, 5) is 7.29. The highest BCUT2D eigenvalue weighted by molar-refractivity contribution is 6.31. The second-order valence-corrected chi connectivity index (χ2v) is 7.21. The topological polar surface area (TPSA) is 37.4 Å². The van der Waals surface area contributed by atoms with Crippen LogP contribution in [0.15, 0.2) is 24.3 Å². The summed E-state index contributed by atoms with van der Waals surface area (Å²) >= 11 is 6.16. The summed E-state index contributed by atoms with van der Waals surface area (Å²) in [6, 6.07) is 8.88. The van der Waals surface area contributed by atoms with Gasteiger partial charge in [0.1, 0.15) is 5.82 Å². The van der Waals surface area contributed by atoms with Gasteiger partial charge in [0, 0.05) is 41.6 Å². The molecule has 24 heavy (non-hydrogen) atoms. The lowest BCUT2D eigenvalue weighted by atomic mass is 10.1. The minimum atomic E-state index is 0.656. The molecule has 1 N–H and O–H groups in total. The molecular formula is C19H24ClN3O. The van der Waals surface area contributed by atoms with E-state index >= 15 is 0 Å². The van der Waals surface area contributed by atoms with Gasteiger partial charge in [-0.15, -0.1) is 0 Å². The number of pyridine rings is 1. The number of aromatic nitrogens is 1. The van der Waals surface area contributed by atoms with Crippen LogP contribution in [0.5, 0.6) is 0 Å². The molecule has 0 atom stereocenters. The van der Waals surface area contributed by atoms with Gasteiger partial charge in [0.15, 0.2) is 0 Å². The van der Waals surface area contributed by atoms with E-state index < -0.39 is 0 Å². The van der Waals surface area contributed by atoms with E-state index in [1.807, 2.05) is 12.1 Å². The first-order valence-corrected chi connectivity index (χ1v) is 9.33. The lowest BCUT2D eigenvalue weighted by Crippen LogP contribution is -2.38. The van der Waals surface area contributed by atoms with E-state index in [0.29, 0.717) is 6.04 Å². The summed E-state index contributed by atoms with van der Waals surface area (Å²) < 4.78 is 5.50. The molecule has 1 aromatic carbocycles. The van der Waals surface area contributed by atoms with E-state index in [4.69, 9.17) is 21.3 Å². The Balaban J connectivity index is 1.66. The van der Waals surface area contributed by atoms with Crippen LogP contribution in [0.4, 0.5) is 5.82 Å². The molecule has 0 unspecified atom stereocenters. The number of rotatable bonds is 4. The third-order valence-corrected chi connectivity index (χ3v) is 5.32. The van der Waals surface area contributed by atoms with Crippen molar-refractivity contribution in [3.05, 3.63) is 34.9 Å². The molecule has 0 amide bonds. The van der Waals surface area contributed by atoms with Gasteiger partial charge in [0.05, 0.1) is 18.7 Å². The van der Waals surface area contributed by atoms with Gasteiger partial charge in [-0.1, -0.05) is 30.5 Å². The second kappa shape index (κ2) is 7.26. The molecule has 2 aromatic rings. The maximum atomic E-state index is 6.16. The van der Waals surface area contributed by atoms with Crippen molar-refractivity contribution in [1.29, 1.82) is 0 Å². The van der Waals surface area contributed by atoms with Crippen molar-refractivity contribution >= 4 is 28.3 Å². The number of fused-ring (bicyclic) bond motifs is 1. The van der Waals surface area contributed by atoms with Crippen LogP contribution in [0.3, 0.4) is 0 Å². The van der Waals surface area contributed by atoms with Crippen molar-refractivity contribution in [3.63, 3.8) is 0 Å². The van der Waals surface area contributed by atoms with Gasteiger partial charge in [-0.3, -0.25) is 0 Å². The molecule has 5 heteroatoms. The molecule has 2 aliphatic rings. The predicted molar refractivity (Wildman–Crippen MR) is 98.9 cm³/mol. The van der Waals surface area contributed by atoms with Gasteiger partial charge in [0.2, 0.25) is 0 Å². The molecule has 0 spiro atoms. The summed E-state index contributed by atoms with van der Waals surface area (Å²) in [5, 5.41) is 5.62. The third kappa shape index (κ3) is 3.51. The first kappa shape index (κ1) is 16.1. The van der Waals surface area contributed by atoms with Crippen LogP contribution in [0.2, 0.25) is 5.02 Å². The first-order chi connectivity index (χ1) is 11.8.